The van der Waals surface area contributed by atoms with Crippen LogP contribution in [-0.2, 0) is 26.2 Å². The highest BCUT2D eigenvalue weighted by atomic mass is 35.5. The molecule has 2 amide bonds. The molecule has 0 aliphatic carbocycles. The molecule has 0 radical (unpaired) electrons. The molecular weight excluding hydrogens is 603 g/mol. The summed E-state index contributed by atoms with van der Waals surface area (Å²) in [6, 6.07) is 16.2. The molecule has 0 saturated heterocycles. The molecule has 0 spiro atoms. The van der Waals surface area contributed by atoms with E-state index < -0.39 is 44.9 Å². The Labute approximate surface area is 255 Å². The molecule has 0 heterocycles. The van der Waals surface area contributed by atoms with Gasteiger partial charge in [-0.25, -0.2) is 8.42 Å². The standard InChI is InChI=1S/C29H32Cl2N4O6S/c1-5-26(28(37)32-29(2,3)4)33(18-20-14-15-24(30)25(31)16-20)27(36)19-34(21-10-9-11-22(17-21)35(38)39)42(40,41)23-12-7-6-8-13-23/h6-17,26H,5,18-19H2,1-4H3,(H,32,37). The summed E-state index contributed by atoms with van der Waals surface area (Å²) >= 11 is 12.3. The van der Waals surface area contributed by atoms with Gasteiger partial charge in [0.05, 0.1) is 25.6 Å². The van der Waals surface area contributed by atoms with Gasteiger partial charge in [-0.1, -0.05) is 60.5 Å². The molecule has 0 saturated carbocycles. The third-order valence-electron chi connectivity index (χ3n) is 6.16. The van der Waals surface area contributed by atoms with Crippen molar-refractivity contribution in [2.75, 3.05) is 10.8 Å². The van der Waals surface area contributed by atoms with E-state index in [0.29, 0.717) is 10.6 Å². The smallest absolute Gasteiger partial charge is 0.271 e. The molecular formula is C29H32Cl2N4O6S. The molecule has 0 aliphatic rings. The zero-order valence-corrected chi connectivity index (χ0v) is 25.9. The van der Waals surface area contributed by atoms with Gasteiger partial charge >= 0.3 is 0 Å². The lowest BCUT2D eigenvalue weighted by molar-refractivity contribution is -0.384. The van der Waals surface area contributed by atoms with Gasteiger partial charge in [0.2, 0.25) is 11.8 Å². The second-order valence-electron chi connectivity index (χ2n) is 10.5. The Balaban J connectivity index is 2.12. The minimum atomic E-state index is -4.37. The summed E-state index contributed by atoms with van der Waals surface area (Å²) in [5.41, 5.74) is -0.471. The van der Waals surface area contributed by atoms with Crippen molar-refractivity contribution in [1.29, 1.82) is 0 Å². The van der Waals surface area contributed by atoms with Gasteiger partial charge in [-0.3, -0.25) is 24.0 Å². The quantitative estimate of drug-likeness (QED) is 0.209. The van der Waals surface area contributed by atoms with E-state index in [4.69, 9.17) is 23.2 Å². The molecule has 0 aromatic heterocycles. The fourth-order valence-corrected chi connectivity index (χ4v) is 5.96. The number of anilines is 1. The number of nitro groups is 1. The molecule has 42 heavy (non-hydrogen) atoms. The van der Waals surface area contributed by atoms with Crippen LogP contribution in [-0.4, -0.2) is 48.2 Å². The molecule has 10 nitrogen and oxygen atoms in total. The van der Waals surface area contributed by atoms with Gasteiger partial charge in [0.1, 0.15) is 12.6 Å². The Bertz CT molecular complexity index is 1560. The molecule has 1 atom stereocenters. The van der Waals surface area contributed by atoms with Gasteiger partial charge in [-0.15, -0.1) is 0 Å². The number of carbonyl (C=O) groups is 2. The number of hydrogen-bond acceptors (Lipinski definition) is 6. The van der Waals surface area contributed by atoms with Crippen LogP contribution in [0.1, 0.15) is 39.7 Å². The maximum atomic E-state index is 14.1. The predicted octanol–water partition coefficient (Wildman–Crippen LogP) is 5.82. The summed E-state index contributed by atoms with van der Waals surface area (Å²) in [6.07, 6.45) is 0.219. The summed E-state index contributed by atoms with van der Waals surface area (Å²) in [6.45, 7) is 6.33. The molecule has 1 N–H and O–H groups in total. The van der Waals surface area contributed by atoms with Crippen molar-refractivity contribution >= 4 is 56.4 Å². The zero-order valence-electron chi connectivity index (χ0n) is 23.6. The van der Waals surface area contributed by atoms with E-state index in [1.807, 2.05) is 0 Å². The van der Waals surface area contributed by atoms with Crippen LogP contribution in [0.25, 0.3) is 0 Å². The summed E-state index contributed by atoms with van der Waals surface area (Å²) in [4.78, 5) is 39.5. The van der Waals surface area contributed by atoms with Crippen LogP contribution in [0.15, 0.2) is 77.7 Å². The minimum absolute atomic E-state index is 0.0805. The first kappa shape index (κ1) is 32.8. The van der Waals surface area contributed by atoms with Crippen LogP contribution in [0, 0.1) is 10.1 Å². The van der Waals surface area contributed by atoms with Crippen LogP contribution in [0.2, 0.25) is 10.0 Å². The van der Waals surface area contributed by atoms with E-state index in [1.54, 1.807) is 52.0 Å². The molecule has 0 aliphatic heterocycles. The second-order valence-corrected chi connectivity index (χ2v) is 13.2. The molecule has 3 aromatic rings. The number of carbonyl (C=O) groups excluding carboxylic acids is 2. The Morgan fingerprint density at radius 1 is 0.976 bits per heavy atom. The van der Waals surface area contributed by atoms with Crippen molar-refractivity contribution in [3.8, 4) is 0 Å². The highest BCUT2D eigenvalue weighted by molar-refractivity contribution is 7.92. The molecule has 13 heteroatoms. The average Bonchev–Trinajstić information content (AvgIpc) is 2.92. The molecule has 3 rings (SSSR count). The van der Waals surface area contributed by atoms with Crippen LogP contribution in [0.3, 0.4) is 0 Å². The fraction of sp³-hybridized carbons (Fsp3) is 0.310. The number of nitrogens with zero attached hydrogens (tertiary/aromatic N) is 3. The van der Waals surface area contributed by atoms with Crippen molar-refractivity contribution in [3.05, 3.63) is 98.5 Å². The third-order valence-corrected chi connectivity index (χ3v) is 8.69. The van der Waals surface area contributed by atoms with Crippen molar-refractivity contribution in [3.63, 3.8) is 0 Å². The van der Waals surface area contributed by atoms with E-state index >= 15 is 0 Å². The van der Waals surface area contributed by atoms with Crippen LogP contribution >= 0.6 is 23.2 Å². The highest BCUT2D eigenvalue weighted by Gasteiger charge is 2.35. The van der Waals surface area contributed by atoms with Crippen LogP contribution in [0.5, 0.6) is 0 Å². The highest BCUT2D eigenvalue weighted by Crippen LogP contribution is 2.28. The first-order chi connectivity index (χ1) is 19.6. The fourth-order valence-electron chi connectivity index (χ4n) is 4.22. The Morgan fingerprint density at radius 3 is 2.21 bits per heavy atom. The lowest BCUT2D eigenvalue weighted by Gasteiger charge is -2.34. The number of hydrogen-bond donors (Lipinski definition) is 1. The van der Waals surface area contributed by atoms with Gasteiger partial charge in [0, 0.05) is 24.2 Å². The topological polar surface area (TPSA) is 130 Å². The van der Waals surface area contributed by atoms with Gasteiger partial charge < -0.3 is 10.2 Å². The number of nitrogens with one attached hydrogen (secondary N) is 1. The molecule has 0 bridgehead atoms. The van der Waals surface area contributed by atoms with Gasteiger partial charge in [-0.2, -0.15) is 0 Å². The number of amides is 2. The molecule has 3 aromatic carbocycles. The predicted molar refractivity (Wildman–Crippen MR) is 163 cm³/mol. The first-order valence-corrected chi connectivity index (χ1v) is 15.2. The van der Waals surface area contributed by atoms with Crippen molar-refractivity contribution < 1.29 is 22.9 Å². The largest absolute Gasteiger partial charge is 0.350 e. The van der Waals surface area contributed by atoms with Crippen molar-refractivity contribution in [1.82, 2.24) is 10.2 Å². The number of halogens is 2. The van der Waals surface area contributed by atoms with Crippen molar-refractivity contribution in [2.45, 2.75) is 57.1 Å². The third kappa shape index (κ3) is 8.21. The number of rotatable bonds is 11. The number of sulfonamides is 1. The number of non-ortho nitro benzene ring substituents is 1. The maximum Gasteiger partial charge on any atom is 0.271 e. The summed E-state index contributed by atoms with van der Waals surface area (Å²) in [7, 11) is -4.37. The molecule has 1 unspecified atom stereocenters. The lowest BCUT2D eigenvalue weighted by atomic mass is 10.1. The van der Waals surface area contributed by atoms with E-state index in [9.17, 15) is 28.1 Å². The monoisotopic (exact) mass is 634 g/mol. The first-order valence-electron chi connectivity index (χ1n) is 13.0. The normalized spacial score (nSPS) is 12.3. The average molecular weight is 636 g/mol. The van der Waals surface area contributed by atoms with Crippen LogP contribution in [0.4, 0.5) is 11.4 Å². The van der Waals surface area contributed by atoms with Crippen molar-refractivity contribution in [2.24, 2.45) is 0 Å². The van der Waals surface area contributed by atoms with Gasteiger partial charge in [-0.05, 0) is 63.1 Å². The number of benzene rings is 3. The SMILES string of the molecule is CCC(C(=O)NC(C)(C)C)N(Cc1ccc(Cl)c(Cl)c1)C(=O)CN(c1cccc([N+](=O)[O-])c1)S(=O)(=O)c1ccccc1. The van der Waals surface area contributed by atoms with Gasteiger partial charge in [0.25, 0.3) is 15.7 Å². The molecule has 0 fully saturated rings. The summed E-state index contributed by atoms with van der Waals surface area (Å²) in [5.74, 6) is -1.13. The minimum Gasteiger partial charge on any atom is -0.350 e. The number of nitro benzene ring substituents is 1. The van der Waals surface area contributed by atoms with E-state index in [0.717, 1.165) is 10.4 Å². The van der Waals surface area contributed by atoms with E-state index in [1.165, 1.54) is 47.4 Å². The van der Waals surface area contributed by atoms with E-state index in [2.05, 4.69) is 5.32 Å². The molecule has 224 valence electrons. The summed E-state index contributed by atoms with van der Waals surface area (Å²) < 4.78 is 28.5. The second kappa shape index (κ2) is 13.5. The summed E-state index contributed by atoms with van der Waals surface area (Å²) in [5, 5.41) is 14.9. The Hall–Kier alpha value is -3.67. The van der Waals surface area contributed by atoms with Crippen LogP contribution < -0.4 is 9.62 Å². The zero-order chi connectivity index (χ0) is 31.2. The Morgan fingerprint density at radius 2 is 1.64 bits per heavy atom. The maximum absolute atomic E-state index is 14.1. The Kier molecular flexibility index (Phi) is 10.6. The lowest BCUT2D eigenvalue weighted by Crippen LogP contribution is -2.55. The van der Waals surface area contributed by atoms with Gasteiger partial charge in [0.15, 0.2) is 0 Å². The van der Waals surface area contributed by atoms with E-state index in [-0.39, 0.29) is 34.3 Å².